The van der Waals surface area contributed by atoms with E-state index in [0.29, 0.717) is 16.7 Å². The number of rotatable bonds is 3. The number of nitrogens with zero attached hydrogens (tertiary/aromatic N) is 2. The van der Waals surface area contributed by atoms with Crippen LogP contribution in [-0.4, -0.2) is 9.78 Å². The van der Waals surface area contributed by atoms with E-state index in [9.17, 15) is 13.2 Å². The van der Waals surface area contributed by atoms with Crippen molar-refractivity contribution in [1.29, 1.82) is 0 Å². The smallest absolute Gasteiger partial charge is 0.380 e. The van der Waals surface area contributed by atoms with Gasteiger partial charge in [-0.2, -0.15) is 18.3 Å². The van der Waals surface area contributed by atoms with Crippen molar-refractivity contribution in [1.82, 2.24) is 9.78 Å². The molecule has 1 heterocycles. The molecular weight excluding hydrogens is 335 g/mol. The van der Waals surface area contributed by atoms with Crippen molar-refractivity contribution in [3.05, 3.63) is 45.7 Å². The summed E-state index contributed by atoms with van der Waals surface area (Å²) in [7, 11) is 1.80. The van der Waals surface area contributed by atoms with Crippen LogP contribution in [0.3, 0.4) is 0 Å². The third-order valence-corrected chi connectivity index (χ3v) is 3.57. The summed E-state index contributed by atoms with van der Waals surface area (Å²) in [6.45, 7) is 2.28. The highest BCUT2D eigenvalue weighted by atomic mass is 79.9. The fourth-order valence-electron chi connectivity index (χ4n) is 1.85. The van der Waals surface area contributed by atoms with Gasteiger partial charge in [-0.05, 0) is 41.1 Å². The molecular formula is C13H13BrF3N3. The van der Waals surface area contributed by atoms with Gasteiger partial charge in [-0.25, -0.2) is 0 Å². The van der Waals surface area contributed by atoms with Crippen LogP contribution in [0.25, 0.3) is 0 Å². The molecule has 108 valence electrons. The maximum atomic E-state index is 12.7. The van der Waals surface area contributed by atoms with E-state index in [-0.39, 0.29) is 0 Å². The highest BCUT2D eigenvalue weighted by molar-refractivity contribution is 9.10. The fourth-order valence-corrected chi connectivity index (χ4v) is 2.24. The molecule has 0 saturated heterocycles. The van der Waals surface area contributed by atoms with E-state index in [1.165, 1.54) is 6.07 Å². The summed E-state index contributed by atoms with van der Waals surface area (Å²) in [6, 6.07) is 3.53. The Morgan fingerprint density at radius 2 is 2.05 bits per heavy atom. The predicted octanol–water partition coefficient (Wildman–Crippen LogP) is 4.12. The van der Waals surface area contributed by atoms with Crippen LogP contribution in [0.4, 0.5) is 18.9 Å². The second-order valence-electron chi connectivity index (χ2n) is 4.46. The first kappa shape index (κ1) is 14.9. The van der Waals surface area contributed by atoms with E-state index < -0.39 is 11.7 Å². The molecule has 0 saturated carbocycles. The summed E-state index contributed by atoms with van der Waals surface area (Å²) < 4.78 is 40.3. The lowest BCUT2D eigenvalue weighted by Crippen LogP contribution is -2.07. The van der Waals surface area contributed by atoms with Gasteiger partial charge in [0.1, 0.15) is 0 Å². The topological polar surface area (TPSA) is 29.9 Å². The second kappa shape index (κ2) is 5.47. The Morgan fingerprint density at radius 1 is 1.35 bits per heavy atom. The Bertz CT molecular complexity index is 620. The molecule has 0 fully saturated rings. The van der Waals surface area contributed by atoms with E-state index >= 15 is 0 Å². The molecule has 0 bridgehead atoms. The van der Waals surface area contributed by atoms with Crippen molar-refractivity contribution in [2.45, 2.75) is 19.6 Å². The molecule has 0 atom stereocenters. The van der Waals surface area contributed by atoms with Gasteiger partial charge in [0, 0.05) is 35.5 Å². The number of hydrogen-bond donors (Lipinski definition) is 1. The van der Waals surface area contributed by atoms with Gasteiger partial charge in [0.15, 0.2) is 0 Å². The zero-order valence-corrected chi connectivity index (χ0v) is 12.5. The van der Waals surface area contributed by atoms with E-state index in [0.717, 1.165) is 23.4 Å². The number of aromatic nitrogens is 2. The zero-order valence-electron chi connectivity index (χ0n) is 10.9. The standard InChI is InChI=1S/C13H13BrF3N3/c1-8-9(7-20(2)19-8)6-18-12-5-10(13(15,16)17)3-4-11(12)14/h3-5,7,18H,6H2,1-2H3. The third kappa shape index (κ3) is 3.33. The first-order chi connectivity index (χ1) is 9.27. The molecule has 1 aromatic carbocycles. The Balaban J connectivity index is 2.19. The minimum Gasteiger partial charge on any atom is -0.380 e. The van der Waals surface area contributed by atoms with Gasteiger partial charge in [0.05, 0.1) is 11.3 Å². The Kier molecular flexibility index (Phi) is 4.08. The molecule has 7 heteroatoms. The minimum absolute atomic E-state index is 0.406. The lowest BCUT2D eigenvalue weighted by molar-refractivity contribution is -0.137. The van der Waals surface area contributed by atoms with Gasteiger partial charge >= 0.3 is 6.18 Å². The van der Waals surface area contributed by atoms with Crippen LogP contribution in [0.15, 0.2) is 28.9 Å². The van der Waals surface area contributed by atoms with Crippen LogP contribution in [-0.2, 0) is 19.8 Å². The molecule has 0 aliphatic heterocycles. The van der Waals surface area contributed by atoms with E-state index in [1.807, 2.05) is 13.1 Å². The summed E-state index contributed by atoms with van der Waals surface area (Å²) in [5.74, 6) is 0. The number of nitrogens with one attached hydrogen (secondary N) is 1. The first-order valence-corrected chi connectivity index (χ1v) is 6.66. The first-order valence-electron chi connectivity index (χ1n) is 5.87. The highest BCUT2D eigenvalue weighted by Crippen LogP contribution is 2.34. The molecule has 0 aliphatic carbocycles. The molecule has 0 aliphatic rings. The maximum absolute atomic E-state index is 12.7. The lowest BCUT2D eigenvalue weighted by Gasteiger charge is -2.12. The quantitative estimate of drug-likeness (QED) is 0.904. The summed E-state index contributed by atoms with van der Waals surface area (Å²) in [4.78, 5) is 0. The third-order valence-electron chi connectivity index (χ3n) is 2.88. The van der Waals surface area contributed by atoms with E-state index in [1.54, 1.807) is 11.7 Å². The van der Waals surface area contributed by atoms with Gasteiger partial charge < -0.3 is 5.32 Å². The highest BCUT2D eigenvalue weighted by Gasteiger charge is 2.30. The SMILES string of the molecule is Cc1nn(C)cc1CNc1cc(C(F)(F)F)ccc1Br. The predicted molar refractivity (Wildman–Crippen MR) is 74.4 cm³/mol. The molecule has 0 radical (unpaired) electrons. The molecule has 20 heavy (non-hydrogen) atoms. The van der Waals surface area contributed by atoms with Crippen LogP contribution in [0.5, 0.6) is 0 Å². The number of benzene rings is 1. The van der Waals surface area contributed by atoms with Gasteiger partial charge in [0.25, 0.3) is 0 Å². The zero-order chi connectivity index (χ0) is 14.9. The van der Waals surface area contributed by atoms with Gasteiger partial charge in [-0.3, -0.25) is 4.68 Å². The molecule has 0 spiro atoms. The maximum Gasteiger partial charge on any atom is 0.416 e. The Labute approximate surface area is 122 Å². The second-order valence-corrected chi connectivity index (χ2v) is 5.31. The van der Waals surface area contributed by atoms with Crippen molar-refractivity contribution in [2.24, 2.45) is 7.05 Å². The van der Waals surface area contributed by atoms with E-state index in [4.69, 9.17) is 0 Å². The molecule has 0 amide bonds. The Hall–Kier alpha value is -1.50. The van der Waals surface area contributed by atoms with Crippen LogP contribution >= 0.6 is 15.9 Å². The van der Waals surface area contributed by atoms with Crippen molar-refractivity contribution < 1.29 is 13.2 Å². The summed E-state index contributed by atoms with van der Waals surface area (Å²) in [5.41, 5.74) is 1.52. The van der Waals surface area contributed by atoms with Crippen molar-refractivity contribution in [3.63, 3.8) is 0 Å². The van der Waals surface area contributed by atoms with Gasteiger partial charge in [0.2, 0.25) is 0 Å². The van der Waals surface area contributed by atoms with Gasteiger partial charge in [-0.1, -0.05) is 0 Å². The van der Waals surface area contributed by atoms with Crippen LogP contribution in [0.1, 0.15) is 16.8 Å². The number of aryl methyl sites for hydroxylation is 2. The number of halogens is 4. The Morgan fingerprint density at radius 3 is 2.60 bits per heavy atom. The summed E-state index contributed by atoms with van der Waals surface area (Å²) >= 11 is 3.24. The lowest BCUT2D eigenvalue weighted by atomic mass is 10.2. The largest absolute Gasteiger partial charge is 0.416 e. The summed E-state index contributed by atoms with van der Waals surface area (Å²) in [5, 5.41) is 7.18. The average Bonchev–Trinajstić information content (AvgIpc) is 2.65. The van der Waals surface area contributed by atoms with Crippen molar-refractivity contribution in [2.75, 3.05) is 5.32 Å². The monoisotopic (exact) mass is 347 g/mol. The molecule has 2 aromatic rings. The molecule has 1 N–H and O–H groups in total. The number of alkyl halides is 3. The van der Waals surface area contributed by atoms with Crippen molar-refractivity contribution in [3.8, 4) is 0 Å². The summed E-state index contributed by atoms with van der Waals surface area (Å²) in [6.07, 6.45) is -2.51. The number of hydrogen-bond acceptors (Lipinski definition) is 2. The normalized spacial score (nSPS) is 11.7. The molecule has 2 rings (SSSR count). The molecule has 1 aromatic heterocycles. The van der Waals surface area contributed by atoms with Gasteiger partial charge in [-0.15, -0.1) is 0 Å². The van der Waals surface area contributed by atoms with Crippen molar-refractivity contribution >= 4 is 21.6 Å². The number of anilines is 1. The van der Waals surface area contributed by atoms with E-state index in [2.05, 4.69) is 26.3 Å². The van der Waals surface area contributed by atoms with Crippen LogP contribution < -0.4 is 5.32 Å². The molecule has 0 unspecified atom stereocenters. The average molecular weight is 348 g/mol. The van der Waals surface area contributed by atoms with Crippen LogP contribution in [0.2, 0.25) is 0 Å². The fraction of sp³-hybridized carbons (Fsp3) is 0.308. The minimum atomic E-state index is -4.35. The molecule has 3 nitrogen and oxygen atoms in total. The van der Waals surface area contributed by atoms with Crippen LogP contribution in [0, 0.1) is 6.92 Å².